The van der Waals surface area contributed by atoms with Gasteiger partial charge in [0.15, 0.2) is 31.8 Å². The first-order chi connectivity index (χ1) is 19.4. The molecule has 13 nitrogen and oxygen atoms in total. The molecule has 0 bridgehead atoms. The third-order valence-corrected chi connectivity index (χ3v) is 12.2. The van der Waals surface area contributed by atoms with E-state index in [1.807, 2.05) is 33.9 Å². The highest BCUT2D eigenvalue weighted by Gasteiger charge is 2.71. The van der Waals surface area contributed by atoms with E-state index in [1.165, 1.54) is 12.7 Å². The van der Waals surface area contributed by atoms with Crippen LogP contribution in [0.1, 0.15) is 82.4 Å². The molecule has 0 spiro atoms. The Balaban J connectivity index is 1.97. The smallest absolute Gasteiger partial charge is 0.352 e. The van der Waals surface area contributed by atoms with E-state index in [1.54, 1.807) is 60.0 Å². The van der Waals surface area contributed by atoms with E-state index in [0.717, 1.165) is 0 Å². The molecule has 0 unspecified atom stereocenters. The van der Waals surface area contributed by atoms with Crippen LogP contribution in [-0.2, 0) is 37.7 Å². The van der Waals surface area contributed by atoms with Crippen molar-refractivity contribution in [3.63, 3.8) is 0 Å². The SMILES string of the molecule is CC(C)(C)OC(=O)C(O[Si](C)(C)C(C)(C)C)(C(=O)OC(C)(C)C)[C@H]1O[C@@H](n2cnc3c(N)ncnc32)[C@@H]2OC(C)(C)O[C@@H]21. The van der Waals surface area contributed by atoms with Crippen LogP contribution in [0.5, 0.6) is 0 Å². The summed E-state index contributed by atoms with van der Waals surface area (Å²) in [5.74, 6) is -2.76. The largest absolute Gasteiger partial charge is 0.457 e. The highest BCUT2D eigenvalue weighted by atomic mass is 28.4. The van der Waals surface area contributed by atoms with Gasteiger partial charge in [-0.05, 0) is 73.5 Å². The summed E-state index contributed by atoms with van der Waals surface area (Å²) in [6.07, 6.45) is -1.22. The van der Waals surface area contributed by atoms with Crippen LogP contribution in [0.4, 0.5) is 5.82 Å². The lowest BCUT2D eigenvalue weighted by molar-refractivity contribution is -0.236. The van der Waals surface area contributed by atoms with Crippen LogP contribution >= 0.6 is 0 Å². The first-order valence-electron chi connectivity index (χ1n) is 14.5. The molecule has 4 atom stereocenters. The van der Waals surface area contributed by atoms with E-state index in [0.29, 0.717) is 11.2 Å². The topological polar surface area (TPSA) is 159 Å². The summed E-state index contributed by atoms with van der Waals surface area (Å²) in [5.41, 5.74) is 2.49. The molecule has 14 heteroatoms. The van der Waals surface area contributed by atoms with Gasteiger partial charge in [-0.15, -0.1) is 0 Å². The minimum absolute atomic E-state index is 0.192. The van der Waals surface area contributed by atoms with Crippen molar-refractivity contribution in [2.24, 2.45) is 0 Å². The Bertz CT molecular complexity index is 1360. The highest BCUT2D eigenvalue weighted by Crippen LogP contribution is 2.50. The molecule has 2 aromatic heterocycles. The molecule has 43 heavy (non-hydrogen) atoms. The first kappa shape index (κ1) is 33.2. The fraction of sp³-hybridized carbons (Fsp3) is 0.759. The average Bonchev–Trinajstić information content (AvgIpc) is 3.45. The molecule has 2 aromatic rings. The second kappa shape index (κ2) is 10.5. The second-order valence-electron chi connectivity index (χ2n) is 15.2. The monoisotopic (exact) mass is 621 g/mol. The summed E-state index contributed by atoms with van der Waals surface area (Å²) in [6, 6.07) is 0. The van der Waals surface area contributed by atoms with E-state index in [9.17, 15) is 9.59 Å². The third-order valence-electron chi connectivity index (χ3n) is 7.72. The number of rotatable bonds is 6. The number of nitrogens with zero attached hydrogens (tertiary/aromatic N) is 4. The number of carbonyl (C=O) groups excluding carboxylic acids is 2. The Morgan fingerprint density at radius 3 is 1.95 bits per heavy atom. The predicted molar refractivity (Wildman–Crippen MR) is 160 cm³/mol. The van der Waals surface area contributed by atoms with Gasteiger partial charge in [0.25, 0.3) is 5.60 Å². The number of ether oxygens (including phenoxy) is 5. The summed E-state index contributed by atoms with van der Waals surface area (Å²) >= 11 is 0. The van der Waals surface area contributed by atoms with E-state index < -0.39 is 72.4 Å². The quantitative estimate of drug-likeness (QED) is 0.278. The van der Waals surface area contributed by atoms with Gasteiger partial charge in [0.1, 0.15) is 41.4 Å². The van der Waals surface area contributed by atoms with Crippen molar-refractivity contribution in [3.8, 4) is 0 Å². The maximum atomic E-state index is 14.5. The van der Waals surface area contributed by atoms with Gasteiger partial charge in [-0.2, -0.15) is 0 Å². The zero-order valence-corrected chi connectivity index (χ0v) is 28.6. The van der Waals surface area contributed by atoms with E-state index >= 15 is 0 Å². The lowest BCUT2D eigenvalue weighted by Crippen LogP contribution is -2.68. The van der Waals surface area contributed by atoms with Gasteiger partial charge in [0.05, 0.1) is 6.33 Å². The van der Waals surface area contributed by atoms with Crippen LogP contribution in [0.3, 0.4) is 0 Å². The van der Waals surface area contributed by atoms with Gasteiger partial charge in [-0.3, -0.25) is 4.57 Å². The number of hydrogen-bond donors (Lipinski definition) is 1. The number of aromatic nitrogens is 4. The van der Waals surface area contributed by atoms with Crippen molar-refractivity contribution in [1.29, 1.82) is 0 Å². The number of hydrogen-bond acceptors (Lipinski definition) is 12. The Morgan fingerprint density at radius 1 is 0.907 bits per heavy atom. The molecule has 2 N–H and O–H groups in total. The molecular weight excluding hydrogens is 574 g/mol. The van der Waals surface area contributed by atoms with Crippen molar-refractivity contribution in [3.05, 3.63) is 12.7 Å². The molecule has 0 saturated carbocycles. The normalized spacial score (nSPS) is 24.7. The Labute approximate surface area is 254 Å². The lowest BCUT2D eigenvalue weighted by Gasteiger charge is -2.46. The van der Waals surface area contributed by atoms with Crippen LogP contribution in [-0.4, -0.2) is 80.7 Å². The molecule has 0 amide bonds. The number of nitrogen functional groups attached to an aromatic ring is 1. The van der Waals surface area contributed by atoms with E-state index in [-0.39, 0.29) is 5.82 Å². The molecule has 240 valence electrons. The molecule has 0 aliphatic carbocycles. The van der Waals surface area contributed by atoms with E-state index in [4.69, 9.17) is 33.8 Å². The summed E-state index contributed by atoms with van der Waals surface area (Å²) < 4.78 is 39.9. The number of nitrogens with two attached hydrogens (primary N) is 1. The lowest BCUT2D eigenvalue weighted by atomic mass is 9.91. The van der Waals surface area contributed by atoms with Crippen molar-refractivity contribution in [1.82, 2.24) is 19.5 Å². The van der Waals surface area contributed by atoms with Gasteiger partial charge >= 0.3 is 11.9 Å². The zero-order valence-electron chi connectivity index (χ0n) is 27.6. The molecular formula is C29H47N5O8Si. The number of fused-ring (bicyclic) bond motifs is 2. The number of imidazole rings is 1. The Kier molecular flexibility index (Phi) is 8.09. The number of carbonyl (C=O) groups is 2. The Morgan fingerprint density at radius 2 is 1.44 bits per heavy atom. The maximum Gasteiger partial charge on any atom is 0.352 e. The molecule has 2 aliphatic heterocycles. The number of anilines is 1. The predicted octanol–water partition coefficient (Wildman–Crippen LogP) is 4.27. The summed E-state index contributed by atoms with van der Waals surface area (Å²) in [4.78, 5) is 41.9. The molecule has 2 fully saturated rings. The summed E-state index contributed by atoms with van der Waals surface area (Å²) in [6.45, 7) is 23.7. The maximum absolute atomic E-state index is 14.5. The van der Waals surface area contributed by atoms with Crippen LogP contribution < -0.4 is 5.73 Å². The zero-order chi connectivity index (χ0) is 32.6. The van der Waals surface area contributed by atoms with Crippen LogP contribution in [0.15, 0.2) is 12.7 Å². The molecule has 2 aliphatic rings. The molecule has 0 aromatic carbocycles. The molecule has 0 radical (unpaired) electrons. The highest BCUT2D eigenvalue weighted by molar-refractivity contribution is 6.74. The number of esters is 2. The molecule has 4 heterocycles. The van der Waals surface area contributed by atoms with Gasteiger partial charge < -0.3 is 33.8 Å². The summed E-state index contributed by atoms with van der Waals surface area (Å²) in [7, 11) is -2.94. The van der Waals surface area contributed by atoms with Gasteiger partial charge in [-0.25, -0.2) is 24.5 Å². The van der Waals surface area contributed by atoms with Gasteiger partial charge in [0, 0.05) is 0 Å². The minimum atomic E-state index is -2.94. The molecule has 4 rings (SSSR count). The van der Waals surface area contributed by atoms with Gasteiger partial charge in [0.2, 0.25) is 0 Å². The second-order valence-corrected chi connectivity index (χ2v) is 19.9. The van der Waals surface area contributed by atoms with Crippen molar-refractivity contribution in [2.45, 2.75) is 141 Å². The Hall–Kier alpha value is -2.65. The van der Waals surface area contributed by atoms with E-state index in [2.05, 4.69) is 15.0 Å². The average molecular weight is 622 g/mol. The van der Waals surface area contributed by atoms with Crippen LogP contribution in [0, 0.1) is 0 Å². The standard InChI is InChI=1S/C29H47N5O8Si/c1-25(2,3)40-23(35)29(24(36)41-26(4,5)6,42-43(12,13)27(7,8)9)19-17-18(39-28(10,11)38-17)22(37-19)34-15-33-16-20(30)31-14-32-21(16)34/h14-15,17-19,22H,1-13H3,(H2,30,31,32)/t17-,18+,19-,22+/m0/s1. The fourth-order valence-corrected chi connectivity index (χ4v) is 6.30. The first-order valence-corrected chi connectivity index (χ1v) is 17.4. The third kappa shape index (κ3) is 6.30. The van der Waals surface area contributed by atoms with Crippen LogP contribution in [0.2, 0.25) is 18.1 Å². The van der Waals surface area contributed by atoms with Crippen molar-refractivity contribution in [2.75, 3.05) is 5.73 Å². The molecule has 2 saturated heterocycles. The summed E-state index contributed by atoms with van der Waals surface area (Å²) in [5, 5.41) is -0.416. The van der Waals surface area contributed by atoms with Crippen molar-refractivity contribution >= 4 is 37.2 Å². The van der Waals surface area contributed by atoms with Crippen molar-refractivity contribution < 1.29 is 37.7 Å². The van der Waals surface area contributed by atoms with Gasteiger partial charge in [-0.1, -0.05) is 20.8 Å². The van der Waals surface area contributed by atoms with Crippen LogP contribution in [0.25, 0.3) is 11.2 Å². The fourth-order valence-electron chi connectivity index (χ4n) is 4.90. The minimum Gasteiger partial charge on any atom is -0.457 e.